The van der Waals surface area contributed by atoms with Crippen LogP contribution in [0.5, 0.6) is 0 Å². The summed E-state index contributed by atoms with van der Waals surface area (Å²) in [7, 11) is 0. The number of amides is 1. The number of carbonyl (C=O) groups is 2. The molecule has 0 aromatic carbocycles. The largest absolute Gasteiger partial charge is 0.481 e. The summed E-state index contributed by atoms with van der Waals surface area (Å²) in [6, 6.07) is 0. The van der Waals surface area contributed by atoms with Crippen LogP contribution in [0.1, 0.15) is 32.4 Å². The van der Waals surface area contributed by atoms with E-state index in [2.05, 4.69) is 10.3 Å². The molecule has 0 aliphatic carbocycles. The minimum Gasteiger partial charge on any atom is -0.481 e. The van der Waals surface area contributed by atoms with Crippen LogP contribution in [0.15, 0.2) is 6.20 Å². The molecule has 1 N–H and O–H groups in total. The van der Waals surface area contributed by atoms with Crippen molar-refractivity contribution in [1.82, 2.24) is 19.9 Å². The average Bonchev–Trinajstić information content (AvgIpc) is 2.75. The predicted molar refractivity (Wildman–Crippen MR) is 68.5 cm³/mol. The molecule has 7 heteroatoms. The third-order valence-electron chi connectivity index (χ3n) is 2.56. The number of carbonyl (C=O) groups excluding carboxylic acids is 1. The number of hydrogen-bond donors (Lipinski definition) is 1. The Morgan fingerprint density at radius 1 is 1.32 bits per heavy atom. The number of rotatable bonds is 8. The zero-order chi connectivity index (χ0) is 14.3. The van der Waals surface area contributed by atoms with Gasteiger partial charge in [-0.05, 0) is 12.8 Å². The first-order chi connectivity index (χ1) is 9.06. The fraction of sp³-hybridized carbons (Fsp3) is 0.667. The second kappa shape index (κ2) is 7.50. The second-order valence-electron chi connectivity index (χ2n) is 4.36. The molecule has 7 nitrogen and oxygen atoms in total. The SMILES string of the molecule is CCCN(CCC)C(=O)Cn1cc(CC(=O)O)nn1. The summed E-state index contributed by atoms with van der Waals surface area (Å²) in [6.07, 6.45) is 3.14. The minimum atomic E-state index is -0.961. The van der Waals surface area contributed by atoms with E-state index in [0.29, 0.717) is 5.69 Å². The number of aliphatic carboxylic acids is 1. The Kier molecular flexibility index (Phi) is 5.98. The molecule has 0 atom stereocenters. The molecule has 0 aliphatic rings. The Labute approximate surface area is 112 Å². The van der Waals surface area contributed by atoms with Crippen LogP contribution in [0.25, 0.3) is 0 Å². The highest BCUT2D eigenvalue weighted by atomic mass is 16.4. The zero-order valence-corrected chi connectivity index (χ0v) is 11.4. The van der Waals surface area contributed by atoms with Crippen molar-refractivity contribution in [3.05, 3.63) is 11.9 Å². The van der Waals surface area contributed by atoms with E-state index >= 15 is 0 Å². The molecule has 0 saturated carbocycles. The maximum absolute atomic E-state index is 12.0. The Hall–Kier alpha value is -1.92. The molecule has 1 heterocycles. The van der Waals surface area contributed by atoms with Gasteiger partial charge in [-0.2, -0.15) is 0 Å². The molecule has 106 valence electrons. The van der Waals surface area contributed by atoms with Crippen LogP contribution >= 0.6 is 0 Å². The first-order valence-corrected chi connectivity index (χ1v) is 6.45. The van der Waals surface area contributed by atoms with Gasteiger partial charge in [-0.25, -0.2) is 4.68 Å². The van der Waals surface area contributed by atoms with Crippen molar-refractivity contribution in [2.24, 2.45) is 0 Å². The molecule has 1 aromatic heterocycles. The molecule has 0 radical (unpaired) electrons. The maximum atomic E-state index is 12.0. The third-order valence-corrected chi connectivity index (χ3v) is 2.56. The lowest BCUT2D eigenvalue weighted by molar-refractivity contribution is -0.136. The summed E-state index contributed by atoms with van der Waals surface area (Å²) in [6.45, 7) is 5.60. The van der Waals surface area contributed by atoms with E-state index in [-0.39, 0.29) is 18.9 Å². The Balaban J connectivity index is 2.59. The lowest BCUT2D eigenvalue weighted by Crippen LogP contribution is -2.35. The summed E-state index contributed by atoms with van der Waals surface area (Å²) in [4.78, 5) is 24.4. The van der Waals surface area contributed by atoms with Crippen molar-refractivity contribution < 1.29 is 14.7 Å². The smallest absolute Gasteiger partial charge is 0.309 e. The van der Waals surface area contributed by atoms with Crippen molar-refractivity contribution in [2.45, 2.75) is 39.7 Å². The average molecular weight is 268 g/mol. The van der Waals surface area contributed by atoms with Gasteiger partial charge in [-0.1, -0.05) is 19.1 Å². The maximum Gasteiger partial charge on any atom is 0.309 e. The van der Waals surface area contributed by atoms with Crippen LogP contribution in [0.3, 0.4) is 0 Å². The van der Waals surface area contributed by atoms with E-state index in [0.717, 1.165) is 25.9 Å². The quantitative estimate of drug-likeness (QED) is 0.744. The van der Waals surface area contributed by atoms with E-state index in [1.165, 1.54) is 10.9 Å². The van der Waals surface area contributed by atoms with Crippen LogP contribution in [-0.4, -0.2) is 50.0 Å². The van der Waals surface area contributed by atoms with Gasteiger partial charge in [0.1, 0.15) is 6.54 Å². The zero-order valence-electron chi connectivity index (χ0n) is 11.4. The summed E-state index contributed by atoms with van der Waals surface area (Å²) in [5.41, 5.74) is 0.359. The molecule has 0 aliphatic heterocycles. The number of carboxylic acid groups (broad SMARTS) is 1. The van der Waals surface area contributed by atoms with Gasteiger partial charge >= 0.3 is 5.97 Å². The van der Waals surface area contributed by atoms with Crippen molar-refractivity contribution in [3.63, 3.8) is 0 Å². The summed E-state index contributed by atoms with van der Waals surface area (Å²) < 4.78 is 1.39. The minimum absolute atomic E-state index is 0.0181. The molecule has 1 amide bonds. The fourth-order valence-electron chi connectivity index (χ4n) is 1.79. The molecule has 0 fully saturated rings. The molecule has 0 saturated heterocycles. The number of nitrogens with zero attached hydrogens (tertiary/aromatic N) is 4. The van der Waals surface area contributed by atoms with Crippen molar-refractivity contribution in [1.29, 1.82) is 0 Å². The van der Waals surface area contributed by atoms with Crippen LogP contribution in [-0.2, 0) is 22.6 Å². The third kappa shape index (κ3) is 5.07. The van der Waals surface area contributed by atoms with Crippen LogP contribution in [0.4, 0.5) is 0 Å². The number of hydrogen-bond acceptors (Lipinski definition) is 4. The molecule has 0 unspecified atom stereocenters. The van der Waals surface area contributed by atoms with Crippen LogP contribution in [0, 0.1) is 0 Å². The molecule has 1 rings (SSSR count). The second-order valence-corrected chi connectivity index (χ2v) is 4.36. The first kappa shape index (κ1) is 15.1. The van der Waals surface area contributed by atoms with Gasteiger partial charge in [0.2, 0.25) is 5.91 Å². The first-order valence-electron chi connectivity index (χ1n) is 6.45. The molecular weight excluding hydrogens is 248 g/mol. The van der Waals surface area contributed by atoms with Crippen LogP contribution in [0.2, 0.25) is 0 Å². The Morgan fingerprint density at radius 3 is 2.47 bits per heavy atom. The van der Waals surface area contributed by atoms with E-state index < -0.39 is 5.97 Å². The van der Waals surface area contributed by atoms with Crippen molar-refractivity contribution in [3.8, 4) is 0 Å². The van der Waals surface area contributed by atoms with Gasteiger partial charge in [0.25, 0.3) is 0 Å². The molecule has 1 aromatic rings. The van der Waals surface area contributed by atoms with E-state index in [4.69, 9.17) is 5.11 Å². The highest BCUT2D eigenvalue weighted by molar-refractivity contribution is 5.75. The van der Waals surface area contributed by atoms with Gasteiger partial charge < -0.3 is 10.0 Å². The number of carboxylic acids is 1. The van der Waals surface area contributed by atoms with Crippen molar-refractivity contribution >= 4 is 11.9 Å². The number of aromatic nitrogens is 3. The molecule has 0 spiro atoms. The molecule has 0 bridgehead atoms. The lowest BCUT2D eigenvalue weighted by atomic mass is 10.3. The van der Waals surface area contributed by atoms with E-state index in [1.54, 1.807) is 4.90 Å². The Bertz CT molecular complexity index is 424. The summed E-state index contributed by atoms with van der Waals surface area (Å²) >= 11 is 0. The topological polar surface area (TPSA) is 88.3 Å². The normalized spacial score (nSPS) is 10.4. The summed E-state index contributed by atoms with van der Waals surface area (Å²) in [5, 5.41) is 16.1. The summed E-state index contributed by atoms with van der Waals surface area (Å²) in [5.74, 6) is -0.979. The van der Waals surface area contributed by atoms with Crippen LogP contribution < -0.4 is 0 Å². The van der Waals surface area contributed by atoms with E-state index in [1.807, 2.05) is 13.8 Å². The Morgan fingerprint density at radius 2 is 1.95 bits per heavy atom. The van der Waals surface area contributed by atoms with E-state index in [9.17, 15) is 9.59 Å². The highest BCUT2D eigenvalue weighted by Gasteiger charge is 2.14. The predicted octanol–water partition coefficient (Wildman–Crippen LogP) is 0.554. The van der Waals surface area contributed by atoms with Gasteiger partial charge in [0.15, 0.2) is 0 Å². The van der Waals surface area contributed by atoms with Gasteiger partial charge in [-0.15, -0.1) is 5.10 Å². The fourth-order valence-corrected chi connectivity index (χ4v) is 1.79. The van der Waals surface area contributed by atoms with Crippen molar-refractivity contribution in [2.75, 3.05) is 13.1 Å². The van der Waals surface area contributed by atoms with Gasteiger partial charge in [0, 0.05) is 19.3 Å². The molecule has 19 heavy (non-hydrogen) atoms. The van der Waals surface area contributed by atoms with Gasteiger partial charge in [0.05, 0.1) is 12.1 Å². The molecular formula is C12H20N4O3. The monoisotopic (exact) mass is 268 g/mol. The highest BCUT2D eigenvalue weighted by Crippen LogP contribution is 2.00. The van der Waals surface area contributed by atoms with Gasteiger partial charge in [-0.3, -0.25) is 9.59 Å². The standard InChI is InChI=1S/C12H20N4O3/c1-3-5-15(6-4-2)11(17)9-16-8-10(13-14-16)7-12(18)19/h8H,3-7,9H2,1-2H3,(H,18,19). The lowest BCUT2D eigenvalue weighted by Gasteiger charge is -2.21.